The Bertz CT molecular complexity index is 1120. The minimum absolute atomic E-state index is 0.0229. The number of fused-ring (bicyclic) bond motifs is 1. The van der Waals surface area contributed by atoms with Gasteiger partial charge < -0.3 is 5.32 Å². The predicted octanol–water partition coefficient (Wildman–Crippen LogP) is 5.45. The highest BCUT2D eigenvalue weighted by Crippen LogP contribution is 2.24. The molecule has 0 saturated heterocycles. The number of rotatable bonds is 10. The summed E-state index contributed by atoms with van der Waals surface area (Å²) in [4.78, 5) is 38.9. The third-order valence-electron chi connectivity index (χ3n) is 6.26. The highest BCUT2D eigenvalue weighted by Gasteiger charge is 2.34. The highest BCUT2D eigenvalue weighted by atomic mass is 16.2. The number of nitrogens with one attached hydrogen (secondary N) is 1. The Morgan fingerprint density at radius 1 is 0.735 bits per heavy atom. The lowest BCUT2D eigenvalue weighted by atomic mass is 9.97. The molecule has 0 fully saturated rings. The van der Waals surface area contributed by atoms with E-state index in [1.807, 2.05) is 37.3 Å². The molecule has 1 aliphatic rings. The van der Waals surface area contributed by atoms with Crippen molar-refractivity contribution in [3.8, 4) is 0 Å². The topological polar surface area (TPSA) is 66.5 Å². The summed E-state index contributed by atoms with van der Waals surface area (Å²) in [6.45, 7) is 2.47. The molecule has 0 spiro atoms. The fourth-order valence-electron chi connectivity index (χ4n) is 4.35. The standard InChI is InChI=1S/C29H30N2O3/c1-21-16-18-23(19-17-21)27(22-11-5-4-6-12-22)30-26(32)15-7-2-3-10-20-31-28(33)24-13-8-9-14-25(24)29(31)34/h4-6,8-9,11-14,16-19,27H,2-3,7,10,15,20H2,1H3,(H,30,32)/t27-/m1/s1. The maximum atomic E-state index is 12.7. The van der Waals surface area contributed by atoms with Crippen molar-refractivity contribution in [2.24, 2.45) is 0 Å². The van der Waals surface area contributed by atoms with Crippen LogP contribution in [0.3, 0.4) is 0 Å². The number of aryl methyl sites for hydroxylation is 1. The van der Waals surface area contributed by atoms with Crippen LogP contribution < -0.4 is 5.32 Å². The maximum Gasteiger partial charge on any atom is 0.261 e. The van der Waals surface area contributed by atoms with E-state index in [-0.39, 0.29) is 23.8 Å². The van der Waals surface area contributed by atoms with Gasteiger partial charge in [0.2, 0.25) is 5.91 Å². The molecular formula is C29H30N2O3. The molecule has 0 unspecified atom stereocenters. The van der Waals surface area contributed by atoms with E-state index in [1.165, 1.54) is 10.5 Å². The fraction of sp³-hybridized carbons (Fsp3) is 0.276. The summed E-state index contributed by atoms with van der Waals surface area (Å²) in [5.41, 5.74) is 4.28. The molecule has 1 atom stereocenters. The number of carbonyl (C=O) groups is 3. The van der Waals surface area contributed by atoms with Gasteiger partial charge in [-0.05, 0) is 43.0 Å². The lowest BCUT2D eigenvalue weighted by molar-refractivity contribution is -0.121. The van der Waals surface area contributed by atoms with Gasteiger partial charge in [0.05, 0.1) is 17.2 Å². The van der Waals surface area contributed by atoms with Crippen LogP contribution >= 0.6 is 0 Å². The molecule has 1 heterocycles. The minimum Gasteiger partial charge on any atom is -0.345 e. The number of carbonyl (C=O) groups excluding carboxylic acids is 3. The molecule has 5 nitrogen and oxygen atoms in total. The molecule has 0 bridgehead atoms. The number of hydrogen-bond donors (Lipinski definition) is 1. The summed E-state index contributed by atoms with van der Waals surface area (Å²) < 4.78 is 0. The molecule has 174 valence electrons. The first-order valence-corrected chi connectivity index (χ1v) is 11.9. The Morgan fingerprint density at radius 2 is 1.29 bits per heavy atom. The lowest BCUT2D eigenvalue weighted by Crippen LogP contribution is -2.30. The van der Waals surface area contributed by atoms with E-state index < -0.39 is 0 Å². The summed E-state index contributed by atoms with van der Waals surface area (Å²) >= 11 is 0. The molecular weight excluding hydrogens is 424 g/mol. The van der Waals surface area contributed by atoms with Crippen LogP contribution in [0.1, 0.15) is 75.6 Å². The first-order chi connectivity index (χ1) is 16.5. The summed E-state index contributed by atoms with van der Waals surface area (Å²) in [6, 6.07) is 25.0. The molecule has 0 radical (unpaired) electrons. The predicted molar refractivity (Wildman–Crippen MR) is 133 cm³/mol. The molecule has 0 saturated carbocycles. The van der Waals surface area contributed by atoms with Gasteiger partial charge in [0.25, 0.3) is 11.8 Å². The van der Waals surface area contributed by atoms with Gasteiger partial charge in [-0.15, -0.1) is 0 Å². The van der Waals surface area contributed by atoms with Crippen molar-refractivity contribution in [3.63, 3.8) is 0 Å². The van der Waals surface area contributed by atoms with E-state index in [1.54, 1.807) is 24.3 Å². The first-order valence-electron chi connectivity index (χ1n) is 11.9. The van der Waals surface area contributed by atoms with Crippen LogP contribution in [0.25, 0.3) is 0 Å². The number of benzene rings is 3. The summed E-state index contributed by atoms with van der Waals surface area (Å²) in [6.07, 6.45) is 3.69. The van der Waals surface area contributed by atoms with Crippen LogP contribution in [-0.4, -0.2) is 29.2 Å². The number of hydrogen-bond acceptors (Lipinski definition) is 3. The third kappa shape index (κ3) is 5.42. The van der Waals surface area contributed by atoms with Crippen molar-refractivity contribution >= 4 is 17.7 Å². The summed E-state index contributed by atoms with van der Waals surface area (Å²) in [5, 5.41) is 3.19. The van der Waals surface area contributed by atoms with Gasteiger partial charge in [-0.25, -0.2) is 0 Å². The molecule has 3 aromatic carbocycles. The lowest BCUT2D eigenvalue weighted by Gasteiger charge is -2.20. The molecule has 1 aliphatic heterocycles. The summed E-state index contributed by atoms with van der Waals surface area (Å²) in [5.74, 6) is -0.388. The Hall–Kier alpha value is -3.73. The molecule has 34 heavy (non-hydrogen) atoms. The Balaban J connectivity index is 1.22. The smallest absolute Gasteiger partial charge is 0.261 e. The number of unbranched alkanes of at least 4 members (excludes halogenated alkanes) is 3. The van der Waals surface area contributed by atoms with E-state index in [9.17, 15) is 14.4 Å². The van der Waals surface area contributed by atoms with Crippen molar-refractivity contribution in [2.45, 2.75) is 45.1 Å². The van der Waals surface area contributed by atoms with E-state index >= 15 is 0 Å². The van der Waals surface area contributed by atoms with Crippen molar-refractivity contribution in [2.75, 3.05) is 6.54 Å². The molecule has 0 aromatic heterocycles. The molecule has 1 N–H and O–H groups in total. The second-order valence-electron chi connectivity index (χ2n) is 8.79. The van der Waals surface area contributed by atoms with Crippen molar-refractivity contribution in [1.82, 2.24) is 10.2 Å². The SMILES string of the molecule is Cc1ccc([C@H](NC(=O)CCCCCCN2C(=O)c3ccccc3C2=O)c2ccccc2)cc1. The summed E-state index contributed by atoms with van der Waals surface area (Å²) in [7, 11) is 0. The Labute approximate surface area is 200 Å². The highest BCUT2D eigenvalue weighted by molar-refractivity contribution is 6.21. The van der Waals surface area contributed by atoms with Crippen LogP contribution in [0.15, 0.2) is 78.9 Å². The molecule has 5 heteroatoms. The van der Waals surface area contributed by atoms with Gasteiger partial charge >= 0.3 is 0 Å². The number of imide groups is 1. The molecule has 4 rings (SSSR count). The van der Waals surface area contributed by atoms with Gasteiger partial charge in [-0.3, -0.25) is 19.3 Å². The number of amides is 3. The van der Waals surface area contributed by atoms with Crippen LogP contribution in [0, 0.1) is 6.92 Å². The van der Waals surface area contributed by atoms with Gasteiger partial charge in [0, 0.05) is 13.0 Å². The molecule has 3 aromatic rings. The van der Waals surface area contributed by atoms with Gasteiger partial charge in [-0.1, -0.05) is 85.1 Å². The van der Waals surface area contributed by atoms with Crippen molar-refractivity contribution < 1.29 is 14.4 Å². The minimum atomic E-state index is -0.206. The normalized spacial score (nSPS) is 13.6. The second kappa shape index (κ2) is 10.9. The largest absolute Gasteiger partial charge is 0.345 e. The zero-order valence-electron chi connectivity index (χ0n) is 19.5. The van der Waals surface area contributed by atoms with Crippen LogP contribution in [0.4, 0.5) is 0 Å². The molecule has 3 amide bonds. The van der Waals surface area contributed by atoms with Crippen LogP contribution in [-0.2, 0) is 4.79 Å². The van der Waals surface area contributed by atoms with Gasteiger partial charge in [0.15, 0.2) is 0 Å². The van der Waals surface area contributed by atoms with Crippen LogP contribution in [0.5, 0.6) is 0 Å². The maximum absolute atomic E-state index is 12.7. The zero-order chi connectivity index (χ0) is 23.9. The zero-order valence-corrected chi connectivity index (χ0v) is 19.5. The van der Waals surface area contributed by atoms with Crippen LogP contribution in [0.2, 0.25) is 0 Å². The third-order valence-corrected chi connectivity index (χ3v) is 6.26. The fourth-order valence-corrected chi connectivity index (χ4v) is 4.35. The Kier molecular flexibility index (Phi) is 7.53. The van der Waals surface area contributed by atoms with E-state index in [2.05, 4.69) is 29.6 Å². The average molecular weight is 455 g/mol. The van der Waals surface area contributed by atoms with Crippen molar-refractivity contribution in [1.29, 1.82) is 0 Å². The first kappa shape index (κ1) is 23.4. The quantitative estimate of drug-likeness (QED) is 0.327. The average Bonchev–Trinajstić information content (AvgIpc) is 3.10. The Morgan fingerprint density at radius 3 is 1.94 bits per heavy atom. The second-order valence-corrected chi connectivity index (χ2v) is 8.79. The monoisotopic (exact) mass is 454 g/mol. The van der Waals surface area contributed by atoms with E-state index in [4.69, 9.17) is 0 Å². The van der Waals surface area contributed by atoms with E-state index in [0.717, 1.165) is 36.8 Å². The molecule has 0 aliphatic carbocycles. The van der Waals surface area contributed by atoms with E-state index in [0.29, 0.717) is 24.1 Å². The van der Waals surface area contributed by atoms with Gasteiger partial charge in [-0.2, -0.15) is 0 Å². The number of nitrogens with zero attached hydrogens (tertiary/aromatic N) is 1. The van der Waals surface area contributed by atoms with Crippen molar-refractivity contribution in [3.05, 3.63) is 107 Å². The van der Waals surface area contributed by atoms with Gasteiger partial charge in [0.1, 0.15) is 0 Å².